The van der Waals surface area contributed by atoms with E-state index in [1.54, 1.807) is 37.1 Å². The first-order valence-corrected chi connectivity index (χ1v) is 14.1. The lowest BCUT2D eigenvalue weighted by atomic mass is 10.1. The van der Waals surface area contributed by atoms with Crippen molar-refractivity contribution in [3.8, 4) is 5.75 Å². The Morgan fingerprint density at radius 2 is 1.78 bits per heavy atom. The zero-order valence-corrected chi connectivity index (χ0v) is 23.0. The maximum absolute atomic E-state index is 13.4. The first kappa shape index (κ1) is 29.2. The minimum Gasteiger partial charge on any atom is -0.497 e. The highest BCUT2D eigenvalue weighted by molar-refractivity contribution is 7.92. The fourth-order valence-electron chi connectivity index (χ4n) is 3.80. The van der Waals surface area contributed by atoms with Gasteiger partial charge in [0.05, 0.1) is 19.1 Å². The fourth-order valence-corrected chi connectivity index (χ4v) is 4.76. The number of carbonyl (C=O) groups is 2. The Labute approximate surface area is 215 Å². The van der Waals surface area contributed by atoms with Crippen LogP contribution in [0, 0.1) is 6.92 Å². The van der Waals surface area contributed by atoms with Crippen LogP contribution in [-0.4, -0.2) is 57.1 Å². The minimum atomic E-state index is -3.52. The van der Waals surface area contributed by atoms with E-state index in [0.29, 0.717) is 17.9 Å². The lowest BCUT2D eigenvalue weighted by molar-refractivity contribution is -0.140. The molecular formula is C27H39N3O5S. The lowest BCUT2D eigenvalue weighted by Crippen LogP contribution is -2.49. The second-order valence-corrected chi connectivity index (χ2v) is 11.1. The number of benzene rings is 2. The monoisotopic (exact) mass is 517 g/mol. The van der Waals surface area contributed by atoms with Crippen molar-refractivity contribution in [1.29, 1.82) is 0 Å². The minimum absolute atomic E-state index is 0.00799. The Kier molecular flexibility index (Phi) is 10.8. The number of aryl methyl sites for hydroxylation is 1. The molecule has 2 amide bonds. The zero-order valence-electron chi connectivity index (χ0n) is 22.2. The molecule has 0 saturated carbocycles. The lowest BCUT2D eigenvalue weighted by Gasteiger charge is -2.30. The Morgan fingerprint density at radius 1 is 1.08 bits per heavy atom. The van der Waals surface area contributed by atoms with Crippen molar-refractivity contribution in [2.45, 2.75) is 65.6 Å². The number of nitrogens with zero attached hydrogens (tertiary/aromatic N) is 2. The molecule has 0 aromatic heterocycles. The molecule has 0 radical (unpaired) electrons. The second-order valence-electron chi connectivity index (χ2n) is 9.14. The molecule has 8 nitrogen and oxygen atoms in total. The van der Waals surface area contributed by atoms with Gasteiger partial charge in [-0.15, -0.1) is 0 Å². The van der Waals surface area contributed by atoms with Crippen molar-refractivity contribution in [2.24, 2.45) is 0 Å². The number of methoxy groups -OCH3 is 1. The molecule has 0 saturated heterocycles. The first-order chi connectivity index (χ1) is 17.0. The molecule has 0 aliphatic rings. The van der Waals surface area contributed by atoms with E-state index in [-0.39, 0.29) is 37.4 Å². The smallest absolute Gasteiger partial charge is 0.242 e. The molecule has 0 heterocycles. The van der Waals surface area contributed by atoms with Gasteiger partial charge < -0.3 is 15.0 Å². The van der Waals surface area contributed by atoms with Crippen LogP contribution in [0.15, 0.2) is 48.5 Å². The number of rotatable bonds is 13. The largest absolute Gasteiger partial charge is 0.497 e. The average molecular weight is 518 g/mol. The first-order valence-electron chi connectivity index (χ1n) is 12.2. The summed E-state index contributed by atoms with van der Waals surface area (Å²) in [6.07, 6.45) is 2.35. The predicted molar refractivity (Wildman–Crippen MR) is 144 cm³/mol. The van der Waals surface area contributed by atoms with Crippen molar-refractivity contribution >= 4 is 27.5 Å². The van der Waals surface area contributed by atoms with Crippen LogP contribution in [0.25, 0.3) is 0 Å². The number of amides is 2. The summed E-state index contributed by atoms with van der Waals surface area (Å²) in [5.74, 6) is 0.221. The molecule has 0 aliphatic heterocycles. The SMILES string of the molecule is CC[C@@H](C)NC(=O)[C@@H](C)N(Cc1cccc(OC)c1)C(=O)CCCN(c1cccc(C)c1)S(C)(=O)=O. The van der Waals surface area contributed by atoms with Gasteiger partial charge in [-0.25, -0.2) is 8.42 Å². The van der Waals surface area contributed by atoms with Gasteiger partial charge in [-0.05, 0) is 69.0 Å². The molecule has 9 heteroatoms. The number of hydrogen-bond donors (Lipinski definition) is 1. The van der Waals surface area contributed by atoms with E-state index in [2.05, 4.69) is 5.32 Å². The van der Waals surface area contributed by atoms with Gasteiger partial charge >= 0.3 is 0 Å². The van der Waals surface area contributed by atoms with E-state index in [1.807, 2.05) is 51.1 Å². The highest BCUT2D eigenvalue weighted by atomic mass is 32.2. The third-order valence-electron chi connectivity index (χ3n) is 6.10. The van der Waals surface area contributed by atoms with Gasteiger partial charge in [-0.1, -0.05) is 31.2 Å². The third-order valence-corrected chi connectivity index (χ3v) is 7.29. The van der Waals surface area contributed by atoms with Gasteiger partial charge in [0.15, 0.2) is 0 Å². The van der Waals surface area contributed by atoms with E-state index in [1.165, 1.54) is 4.31 Å². The van der Waals surface area contributed by atoms with Gasteiger partial charge in [0, 0.05) is 25.6 Å². The summed E-state index contributed by atoms with van der Waals surface area (Å²) in [5.41, 5.74) is 2.35. The number of ether oxygens (including phenoxy) is 1. The molecule has 0 spiro atoms. The number of hydrogen-bond acceptors (Lipinski definition) is 5. The van der Waals surface area contributed by atoms with Crippen LogP contribution in [0.3, 0.4) is 0 Å². The van der Waals surface area contributed by atoms with E-state index < -0.39 is 16.1 Å². The molecule has 2 aromatic rings. The summed E-state index contributed by atoms with van der Waals surface area (Å²) in [4.78, 5) is 27.8. The maximum Gasteiger partial charge on any atom is 0.242 e. The Morgan fingerprint density at radius 3 is 2.39 bits per heavy atom. The highest BCUT2D eigenvalue weighted by Gasteiger charge is 2.27. The number of nitrogens with one attached hydrogen (secondary N) is 1. The third kappa shape index (κ3) is 8.55. The Bertz CT molecular complexity index is 1140. The summed E-state index contributed by atoms with van der Waals surface area (Å²) in [6.45, 7) is 7.91. The van der Waals surface area contributed by atoms with E-state index in [9.17, 15) is 18.0 Å². The standard InChI is InChI=1S/C27H39N3O5S/c1-7-21(3)28-27(32)22(4)29(19-23-12-9-14-25(18-23)35-5)26(31)15-10-16-30(36(6,33)34)24-13-8-11-20(2)17-24/h8-9,11-14,17-18,21-22H,7,10,15-16,19H2,1-6H3,(H,28,32)/t21-,22-/m1/s1. The average Bonchev–Trinajstić information content (AvgIpc) is 2.83. The van der Waals surface area contributed by atoms with Crippen molar-refractivity contribution in [2.75, 3.05) is 24.2 Å². The molecule has 1 N–H and O–H groups in total. The van der Waals surface area contributed by atoms with Gasteiger partial charge in [0.1, 0.15) is 11.8 Å². The fraction of sp³-hybridized carbons (Fsp3) is 0.481. The summed E-state index contributed by atoms with van der Waals surface area (Å²) < 4.78 is 31.5. The number of sulfonamides is 1. The molecule has 2 atom stereocenters. The van der Waals surface area contributed by atoms with Crippen LogP contribution in [0.1, 0.15) is 51.2 Å². The molecule has 0 bridgehead atoms. The van der Waals surface area contributed by atoms with Crippen LogP contribution >= 0.6 is 0 Å². The normalized spacial score (nSPS) is 12.9. The molecule has 2 aromatic carbocycles. The number of anilines is 1. The van der Waals surface area contributed by atoms with Crippen molar-refractivity contribution < 1.29 is 22.7 Å². The van der Waals surface area contributed by atoms with Crippen LogP contribution in [0.4, 0.5) is 5.69 Å². The maximum atomic E-state index is 13.4. The predicted octanol–water partition coefficient (Wildman–Crippen LogP) is 3.88. The van der Waals surface area contributed by atoms with Gasteiger partial charge in [0.2, 0.25) is 21.8 Å². The van der Waals surface area contributed by atoms with E-state index in [0.717, 1.165) is 23.8 Å². The summed E-state index contributed by atoms with van der Waals surface area (Å²) in [7, 11) is -1.95. The van der Waals surface area contributed by atoms with E-state index >= 15 is 0 Å². The molecule has 0 unspecified atom stereocenters. The van der Waals surface area contributed by atoms with Crippen molar-refractivity contribution in [1.82, 2.24) is 10.2 Å². The second kappa shape index (κ2) is 13.3. The van der Waals surface area contributed by atoms with Gasteiger partial charge in [0.25, 0.3) is 0 Å². The number of carbonyl (C=O) groups excluding carboxylic acids is 2. The van der Waals surface area contributed by atoms with Crippen molar-refractivity contribution in [3.63, 3.8) is 0 Å². The van der Waals surface area contributed by atoms with Crippen LogP contribution in [-0.2, 0) is 26.2 Å². The molecule has 0 aliphatic carbocycles. The Balaban J connectivity index is 2.19. The van der Waals surface area contributed by atoms with E-state index in [4.69, 9.17) is 4.74 Å². The summed E-state index contributed by atoms with van der Waals surface area (Å²) in [5, 5.41) is 2.95. The Hall–Kier alpha value is -3.07. The van der Waals surface area contributed by atoms with Crippen molar-refractivity contribution in [3.05, 3.63) is 59.7 Å². The zero-order chi connectivity index (χ0) is 26.9. The molecule has 2 rings (SSSR count). The van der Waals surface area contributed by atoms with Gasteiger partial charge in [-0.2, -0.15) is 0 Å². The summed E-state index contributed by atoms with van der Waals surface area (Å²) in [6, 6.07) is 13.9. The van der Waals surface area contributed by atoms with Crippen LogP contribution in [0.5, 0.6) is 5.75 Å². The molecule has 36 heavy (non-hydrogen) atoms. The van der Waals surface area contributed by atoms with Crippen LogP contribution in [0.2, 0.25) is 0 Å². The topological polar surface area (TPSA) is 96.0 Å². The van der Waals surface area contributed by atoms with Crippen LogP contribution < -0.4 is 14.4 Å². The molecule has 0 fully saturated rings. The quantitative estimate of drug-likeness (QED) is 0.435. The molecular weight excluding hydrogens is 478 g/mol. The molecule has 198 valence electrons. The van der Waals surface area contributed by atoms with Gasteiger partial charge in [-0.3, -0.25) is 13.9 Å². The highest BCUT2D eigenvalue weighted by Crippen LogP contribution is 2.21. The summed E-state index contributed by atoms with van der Waals surface area (Å²) >= 11 is 0.